The largest absolute Gasteiger partial charge is 0.399 e. The van der Waals surface area contributed by atoms with E-state index >= 15 is 0 Å². The first-order valence-electron chi connectivity index (χ1n) is 6.59. The lowest BCUT2D eigenvalue weighted by atomic mass is 10.1. The number of carbonyl (C=O) groups excluding carboxylic acids is 1. The van der Waals surface area contributed by atoms with Crippen molar-refractivity contribution in [2.45, 2.75) is 37.5 Å². The van der Waals surface area contributed by atoms with E-state index in [-0.39, 0.29) is 11.9 Å². The van der Waals surface area contributed by atoms with Crippen molar-refractivity contribution in [3.8, 4) is 0 Å². The molecule has 1 amide bonds. The number of nitrogens with two attached hydrogens (primary N) is 1. The third-order valence-corrected chi connectivity index (χ3v) is 5.03. The summed E-state index contributed by atoms with van der Waals surface area (Å²) in [7, 11) is 0. The average Bonchev–Trinajstić information content (AvgIpc) is 2.77. The van der Waals surface area contributed by atoms with Crippen LogP contribution < -0.4 is 11.1 Å². The average molecular weight is 299 g/mol. The number of amides is 1. The number of hydrogen-bond acceptors (Lipinski definition) is 3. The van der Waals surface area contributed by atoms with Crippen molar-refractivity contribution in [2.24, 2.45) is 0 Å². The molecule has 1 saturated carbocycles. The highest BCUT2D eigenvalue weighted by Gasteiger charge is 2.29. The van der Waals surface area contributed by atoms with Crippen molar-refractivity contribution >= 4 is 35.0 Å². The van der Waals surface area contributed by atoms with Crippen LogP contribution in [0.3, 0.4) is 0 Å². The highest BCUT2D eigenvalue weighted by atomic mass is 35.5. The van der Waals surface area contributed by atoms with Crippen molar-refractivity contribution in [1.29, 1.82) is 0 Å². The maximum absolute atomic E-state index is 12.2. The minimum atomic E-state index is -0.0985. The van der Waals surface area contributed by atoms with Gasteiger partial charge in [0.1, 0.15) is 0 Å². The van der Waals surface area contributed by atoms with Gasteiger partial charge in [0.15, 0.2) is 0 Å². The lowest BCUT2D eigenvalue weighted by molar-refractivity contribution is 0.0939. The molecule has 0 bridgehead atoms. The van der Waals surface area contributed by atoms with Gasteiger partial charge in [0.25, 0.3) is 5.91 Å². The lowest BCUT2D eigenvalue weighted by Gasteiger charge is -2.20. The molecule has 1 aliphatic carbocycles. The second kappa shape index (κ2) is 6.53. The highest BCUT2D eigenvalue weighted by molar-refractivity contribution is 7.99. The third-order valence-electron chi connectivity index (χ3n) is 3.39. The van der Waals surface area contributed by atoms with Crippen LogP contribution in [0.5, 0.6) is 0 Å². The van der Waals surface area contributed by atoms with Crippen molar-refractivity contribution in [3.05, 3.63) is 28.8 Å². The molecule has 3 nitrogen and oxygen atoms in total. The Hall–Kier alpha value is -0.870. The maximum atomic E-state index is 12.2. The van der Waals surface area contributed by atoms with Crippen LogP contribution in [0, 0.1) is 0 Å². The number of benzene rings is 1. The molecule has 0 radical (unpaired) electrons. The fourth-order valence-corrected chi connectivity index (χ4v) is 3.94. The molecular weight excluding hydrogens is 280 g/mol. The molecule has 0 aliphatic heterocycles. The Morgan fingerprint density at radius 2 is 2.32 bits per heavy atom. The summed E-state index contributed by atoms with van der Waals surface area (Å²) >= 11 is 7.98. The van der Waals surface area contributed by atoms with Gasteiger partial charge in [-0.25, -0.2) is 0 Å². The zero-order valence-electron chi connectivity index (χ0n) is 11.0. The number of thioether (sulfide) groups is 1. The van der Waals surface area contributed by atoms with Crippen molar-refractivity contribution in [3.63, 3.8) is 0 Å². The maximum Gasteiger partial charge on any atom is 0.253 e. The molecule has 3 N–H and O–H groups in total. The number of rotatable bonds is 4. The summed E-state index contributed by atoms with van der Waals surface area (Å²) in [5.41, 5.74) is 6.71. The number of nitrogen functional groups attached to an aromatic ring is 1. The molecule has 1 aliphatic rings. The second-order valence-corrected chi connectivity index (χ2v) is 6.67. The molecule has 5 heteroatoms. The first kappa shape index (κ1) is 14.5. The van der Waals surface area contributed by atoms with Crippen LogP contribution in [0.4, 0.5) is 5.69 Å². The van der Waals surface area contributed by atoms with Crippen LogP contribution in [-0.4, -0.2) is 23.0 Å². The molecule has 104 valence electrons. The van der Waals surface area contributed by atoms with Gasteiger partial charge < -0.3 is 11.1 Å². The quantitative estimate of drug-likeness (QED) is 0.838. The van der Waals surface area contributed by atoms with Gasteiger partial charge in [-0.15, -0.1) is 0 Å². The van der Waals surface area contributed by atoms with Gasteiger partial charge in [0.05, 0.1) is 10.6 Å². The normalized spacial score (nSPS) is 22.4. The number of anilines is 1. The summed E-state index contributed by atoms with van der Waals surface area (Å²) in [6, 6.07) is 5.26. The van der Waals surface area contributed by atoms with E-state index in [1.807, 2.05) is 11.8 Å². The van der Waals surface area contributed by atoms with Gasteiger partial charge in [-0.1, -0.05) is 24.9 Å². The standard InChI is InChI=1S/C14H19ClN2OS/c1-2-19-13-5-3-4-12(13)17-14(18)10-7-6-9(16)8-11(10)15/h6-8,12-13H,2-5,16H2,1H3,(H,17,18). The number of nitrogens with one attached hydrogen (secondary N) is 1. The zero-order chi connectivity index (χ0) is 13.8. The molecule has 1 aromatic carbocycles. The van der Waals surface area contributed by atoms with Crippen molar-refractivity contribution in [1.82, 2.24) is 5.32 Å². The van der Waals surface area contributed by atoms with Gasteiger partial charge in [-0.05, 0) is 36.8 Å². The monoisotopic (exact) mass is 298 g/mol. The predicted molar refractivity (Wildman–Crippen MR) is 82.9 cm³/mol. The topological polar surface area (TPSA) is 55.1 Å². The molecule has 2 atom stereocenters. The lowest BCUT2D eigenvalue weighted by Crippen LogP contribution is -2.38. The Balaban J connectivity index is 2.04. The van der Waals surface area contributed by atoms with Crippen molar-refractivity contribution < 1.29 is 4.79 Å². The summed E-state index contributed by atoms with van der Waals surface area (Å²) in [6.45, 7) is 2.15. The summed E-state index contributed by atoms with van der Waals surface area (Å²) < 4.78 is 0. The third kappa shape index (κ3) is 3.57. The summed E-state index contributed by atoms with van der Waals surface area (Å²) in [6.07, 6.45) is 3.41. The van der Waals surface area contributed by atoms with Crippen LogP contribution >= 0.6 is 23.4 Å². The minimum Gasteiger partial charge on any atom is -0.399 e. The molecule has 0 spiro atoms. The fourth-order valence-electron chi connectivity index (χ4n) is 2.47. The molecule has 0 aromatic heterocycles. The van der Waals surface area contributed by atoms with E-state index in [2.05, 4.69) is 12.2 Å². The van der Waals surface area contributed by atoms with E-state index < -0.39 is 0 Å². The van der Waals surface area contributed by atoms with Crippen LogP contribution in [-0.2, 0) is 0 Å². The van der Waals surface area contributed by atoms with Gasteiger partial charge in [-0.3, -0.25) is 4.79 Å². The van der Waals surface area contributed by atoms with Crippen LogP contribution in [0.15, 0.2) is 18.2 Å². The van der Waals surface area contributed by atoms with Gasteiger partial charge in [0.2, 0.25) is 0 Å². The van der Waals surface area contributed by atoms with Gasteiger partial charge in [0, 0.05) is 17.0 Å². The molecule has 1 fully saturated rings. The minimum absolute atomic E-state index is 0.0985. The number of hydrogen-bond donors (Lipinski definition) is 2. The van der Waals surface area contributed by atoms with Gasteiger partial charge >= 0.3 is 0 Å². The molecule has 1 aromatic rings. The van der Waals surface area contributed by atoms with E-state index in [1.54, 1.807) is 18.2 Å². The van der Waals surface area contributed by atoms with E-state index in [4.69, 9.17) is 17.3 Å². The Labute approximate surface area is 123 Å². The first-order chi connectivity index (χ1) is 9.11. The molecular formula is C14H19ClN2OS. The summed E-state index contributed by atoms with van der Waals surface area (Å²) in [4.78, 5) is 12.2. The Morgan fingerprint density at radius 1 is 1.53 bits per heavy atom. The SMILES string of the molecule is CCSC1CCCC1NC(=O)c1ccc(N)cc1Cl. The molecule has 0 heterocycles. The molecule has 19 heavy (non-hydrogen) atoms. The number of carbonyl (C=O) groups is 1. The van der Waals surface area contributed by atoms with Gasteiger partial charge in [-0.2, -0.15) is 11.8 Å². The van der Waals surface area contributed by atoms with Crippen LogP contribution in [0.2, 0.25) is 5.02 Å². The number of halogens is 1. The van der Waals surface area contributed by atoms with Crippen molar-refractivity contribution in [2.75, 3.05) is 11.5 Å². The summed E-state index contributed by atoms with van der Waals surface area (Å²) in [5.74, 6) is 0.984. The Bertz CT molecular complexity index is 467. The van der Waals surface area contributed by atoms with E-state index in [0.29, 0.717) is 21.5 Å². The van der Waals surface area contributed by atoms with E-state index in [9.17, 15) is 4.79 Å². The molecule has 2 unspecified atom stereocenters. The first-order valence-corrected chi connectivity index (χ1v) is 8.02. The predicted octanol–water partition coefficient (Wildman–Crippen LogP) is 3.33. The summed E-state index contributed by atoms with van der Waals surface area (Å²) in [5, 5.41) is 4.05. The molecule has 0 saturated heterocycles. The highest BCUT2D eigenvalue weighted by Crippen LogP contribution is 2.30. The second-order valence-electron chi connectivity index (χ2n) is 4.74. The Morgan fingerprint density at radius 3 is 3.00 bits per heavy atom. The Kier molecular flexibility index (Phi) is 4.99. The van der Waals surface area contributed by atoms with E-state index in [0.717, 1.165) is 12.2 Å². The van der Waals surface area contributed by atoms with Crippen LogP contribution in [0.1, 0.15) is 36.5 Å². The van der Waals surface area contributed by atoms with Crippen LogP contribution in [0.25, 0.3) is 0 Å². The fraction of sp³-hybridized carbons (Fsp3) is 0.500. The smallest absolute Gasteiger partial charge is 0.253 e. The van der Waals surface area contributed by atoms with E-state index in [1.165, 1.54) is 12.8 Å². The zero-order valence-corrected chi connectivity index (χ0v) is 12.6. The molecule has 2 rings (SSSR count).